The van der Waals surface area contributed by atoms with Gasteiger partial charge < -0.3 is 4.98 Å². The van der Waals surface area contributed by atoms with Crippen LogP contribution in [0.1, 0.15) is 71.9 Å². The molecule has 0 saturated carbocycles. The molecule has 0 amide bonds. The fraction of sp³-hybridized carbons (Fsp3) is 0.692. The fourth-order valence-electron chi connectivity index (χ4n) is 1.39. The van der Waals surface area contributed by atoms with E-state index in [0.717, 1.165) is 0 Å². The highest BCUT2D eigenvalue weighted by molar-refractivity contribution is 5.28. The lowest BCUT2D eigenvalue weighted by molar-refractivity contribution is 0.798. The van der Waals surface area contributed by atoms with Gasteiger partial charge in [0.25, 0.3) is 0 Å². The number of H-pyrrole nitrogens is 1. The van der Waals surface area contributed by atoms with E-state index in [2.05, 4.69) is 45.1 Å². The standard InChI is InChI=1S/C10H17N.C2H6.CH4/c1-7(2)9-5-11-6-10(9)8(3)4;1-2;/h5-8,11H,1-4H3;1-2H3;1H4. The number of hydrogen-bond acceptors (Lipinski definition) is 0. The van der Waals surface area contributed by atoms with Gasteiger partial charge >= 0.3 is 0 Å². The lowest BCUT2D eigenvalue weighted by atomic mass is 9.95. The molecule has 1 heterocycles. The lowest BCUT2D eigenvalue weighted by Crippen LogP contribution is -1.93. The molecule has 84 valence electrons. The summed E-state index contributed by atoms with van der Waals surface area (Å²) in [5, 5.41) is 0. The molecule has 0 saturated heterocycles. The molecule has 1 N–H and O–H groups in total. The molecule has 1 aromatic heterocycles. The van der Waals surface area contributed by atoms with Crippen molar-refractivity contribution in [3.63, 3.8) is 0 Å². The van der Waals surface area contributed by atoms with Crippen LogP contribution in [-0.4, -0.2) is 4.98 Å². The predicted octanol–water partition coefficient (Wildman–Crippen LogP) is 4.92. The van der Waals surface area contributed by atoms with Gasteiger partial charge in [-0.15, -0.1) is 0 Å². The molecule has 1 rings (SSSR count). The highest BCUT2D eigenvalue weighted by Crippen LogP contribution is 2.24. The fourth-order valence-corrected chi connectivity index (χ4v) is 1.39. The van der Waals surface area contributed by atoms with Crippen LogP contribution >= 0.6 is 0 Å². The van der Waals surface area contributed by atoms with Crippen molar-refractivity contribution in [1.29, 1.82) is 0 Å². The molecule has 1 aromatic rings. The van der Waals surface area contributed by atoms with Crippen molar-refractivity contribution in [2.75, 3.05) is 0 Å². The normalized spacial score (nSPS) is 9.43. The van der Waals surface area contributed by atoms with Gasteiger partial charge in [0.2, 0.25) is 0 Å². The Morgan fingerprint density at radius 3 is 1.36 bits per heavy atom. The van der Waals surface area contributed by atoms with Crippen LogP contribution in [0.25, 0.3) is 0 Å². The van der Waals surface area contributed by atoms with Crippen LogP contribution in [0.15, 0.2) is 12.4 Å². The summed E-state index contributed by atoms with van der Waals surface area (Å²) in [6.07, 6.45) is 4.22. The van der Waals surface area contributed by atoms with Crippen molar-refractivity contribution in [3.8, 4) is 0 Å². The first-order valence-electron chi connectivity index (χ1n) is 5.29. The highest BCUT2D eigenvalue weighted by Gasteiger charge is 2.09. The average molecular weight is 197 g/mol. The van der Waals surface area contributed by atoms with Gasteiger partial charge in [-0.25, -0.2) is 0 Å². The van der Waals surface area contributed by atoms with Gasteiger partial charge in [-0.05, 0) is 23.0 Å². The molecule has 0 bridgehead atoms. The summed E-state index contributed by atoms with van der Waals surface area (Å²) in [6.45, 7) is 12.9. The quantitative estimate of drug-likeness (QED) is 0.692. The van der Waals surface area contributed by atoms with Gasteiger partial charge in [-0.1, -0.05) is 49.0 Å². The van der Waals surface area contributed by atoms with E-state index >= 15 is 0 Å². The van der Waals surface area contributed by atoms with Crippen molar-refractivity contribution < 1.29 is 0 Å². The summed E-state index contributed by atoms with van der Waals surface area (Å²) in [4.78, 5) is 3.16. The average Bonchev–Trinajstić information content (AvgIpc) is 2.55. The molecule has 0 aliphatic rings. The molecule has 0 radical (unpaired) electrons. The Morgan fingerprint density at radius 1 is 0.857 bits per heavy atom. The summed E-state index contributed by atoms with van der Waals surface area (Å²) >= 11 is 0. The largest absolute Gasteiger partial charge is 0.367 e. The van der Waals surface area contributed by atoms with E-state index in [0.29, 0.717) is 11.8 Å². The Hall–Kier alpha value is -0.720. The van der Waals surface area contributed by atoms with Crippen LogP contribution in [0.4, 0.5) is 0 Å². The van der Waals surface area contributed by atoms with Crippen LogP contribution in [0.2, 0.25) is 0 Å². The minimum Gasteiger partial charge on any atom is -0.367 e. The highest BCUT2D eigenvalue weighted by atomic mass is 14.6. The molecule has 0 atom stereocenters. The summed E-state index contributed by atoms with van der Waals surface area (Å²) in [7, 11) is 0. The smallest absolute Gasteiger partial charge is 0.00429 e. The second-order valence-corrected chi connectivity index (χ2v) is 3.68. The SMILES string of the molecule is C.CC.CC(C)c1c[nH]cc1C(C)C. The molecule has 0 fully saturated rings. The molecule has 0 aliphatic carbocycles. The van der Waals surface area contributed by atoms with Crippen molar-refractivity contribution in [1.82, 2.24) is 4.98 Å². The van der Waals surface area contributed by atoms with Crippen LogP contribution in [-0.2, 0) is 0 Å². The van der Waals surface area contributed by atoms with E-state index in [1.807, 2.05) is 13.8 Å². The number of rotatable bonds is 2. The second kappa shape index (κ2) is 7.66. The minimum absolute atomic E-state index is 0. The van der Waals surface area contributed by atoms with Gasteiger partial charge in [0, 0.05) is 12.4 Å². The molecule has 1 heteroatoms. The number of nitrogens with one attached hydrogen (secondary N) is 1. The third kappa shape index (κ3) is 3.99. The van der Waals surface area contributed by atoms with Gasteiger partial charge in [0.05, 0.1) is 0 Å². The lowest BCUT2D eigenvalue weighted by Gasteiger charge is -2.08. The Bertz CT molecular complexity index is 198. The Kier molecular flexibility index (Phi) is 8.61. The van der Waals surface area contributed by atoms with E-state index in [1.165, 1.54) is 11.1 Å². The third-order valence-corrected chi connectivity index (χ3v) is 2.06. The van der Waals surface area contributed by atoms with Crippen molar-refractivity contribution >= 4 is 0 Å². The summed E-state index contributed by atoms with van der Waals surface area (Å²) < 4.78 is 0. The first-order valence-corrected chi connectivity index (χ1v) is 5.29. The third-order valence-electron chi connectivity index (χ3n) is 2.06. The summed E-state index contributed by atoms with van der Waals surface area (Å²) in [5.41, 5.74) is 2.92. The minimum atomic E-state index is 0. The van der Waals surface area contributed by atoms with Crippen LogP contribution in [0.3, 0.4) is 0 Å². The number of aromatic nitrogens is 1. The summed E-state index contributed by atoms with van der Waals surface area (Å²) in [6, 6.07) is 0. The zero-order valence-corrected chi connectivity index (χ0v) is 9.81. The number of hydrogen-bond donors (Lipinski definition) is 1. The Balaban J connectivity index is 0. The molecule has 0 spiro atoms. The van der Waals surface area contributed by atoms with Crippen LogP contribution in [0, 0.1) is 0 Å². The Morgan fingerprint density at radius 2 is 1.14 bits per heavy atom. The molecule has 0 aliphatic heterocycles. The molecule has 14 heavy (non-hydrogen) atoms. The topological polar surface area (TPSA) is 15.8 Å². The molecular weight excluding hydrogens is 170 g/mol. The van der Waals surface area contributed by atoms with Crippen molar-refractivity contribution in [3.05, 3.63) is 23.5 Å². The van der Waals surface area contributed by atoms with E-state index in [4.69, 9.17) is 0 Å². The van der Waals surface area contributed by atoms with E-state index < -0.39 is 0 Å². The Labute approximate surface area is 89.9 Å². The van der Waals surface area contributed by atoms with Gasteiger partial charge in [-0.3, -0.25) is 0 Å². The van der Waals surface area contributed by atoms with Crippen molar-refractivity contribution in [2.24, 2.45) is 0 Å². The molecular formula is C13H27N. The maximum atomic E-state index is 3.16. The zero-order valence-electron chi connectivity index (χ0n) is 9.81. The predicted molar refractivity (Wildman–Crippen MR) is 67.0 cm³/mol. The van der Waals surface area contributed by atoms with Gasteiger partial charge in [0.15, 0.2) is 0 Å². The maximum absolute atomic E-state index is 3.16. The van der Waals surface area contributed by atoms with E-state index in [-0.39, 0.29) is 7.43 Å². The number of aromatic amines is 1. The first-order chi connectivity index (χ1) is 6.13. The van der Waals surface area contributed by atoms with Gasteiger partial charge in [-0.2, -0.15) is 0 Å². The van der Waals surface area contributed by atoms with Crippen LogP contribution < -0.4 is 0 Å². The molecule has 1 nitrogen and oxygen atoms in total. The second-order valence-electron chi connectivity index (χ2n) is 3.68. The van der Waals surface area contributed by atoms with E-state index in [1.54, 1.807) is 0 Å². The first kappa shape index (κ1) is 15.7. The van der Waals surface area contributed by atoms with Crippen molar-refractivity contribution in [2.45, 2.75) is 60.8 Å². The summed E-state index contributed by atoms with van der Waals surface area (Å²) in [5.74, 6) is 1.28. The van der Waals surface area contributed by atoms with Crippen LogP contribution in [0.5, 0.6) is 0 Å². The van der Waals surface area contributed by atoms with E-state index in [9.17, 15) is 0 Å². The zero-order chi connectivity index (χ0) is 10.4. The molecule has 0 unspecified atom stereocenters. The molecule has 0 aromatic carbocycles. The van der Waals surface area contributed by atoms with Gasteiger partial charge in [0.1, 0.15) is 0 Å². The maximum Gasteiger partial charge on any atom is 0.00429 e. The monoisotopic (exact) mass is 197 g/mol.